The Hall–Kier alpha value is -2.84. The fourth-order valence-corrected chi connectivity index (χ4v) is 3.09. The number of thioether (sulfide) groups is 1. The summed E-state index contributed by atoms with van der Waals surface area (Å²) in [5.41, 5.74) is 1.45. The molecule has 27 heavy (non-hydrogen) atoms. The lowest BCUT2D eigenvalue weighted by Gasteiger charge is -2.11. The molecular weight excluding hydrogens is 386 g/mol. The Bertz CT molecular complexity index is 998. The van der Waals surface area contributed by atoms with Gasteiger partial charge in [-0.3, -0.25) is 10.1 Å². The fourth-order valence-electron chi connectivity index (χ4n) is 2.26. The number of urea groups is 1. The highest BCUT2D eigenvalue weighted by Crippen LogP contribution is 2.29. The zero-order chi connectivity index (χ0) is 19.2. The first-order valence-electron chi connectivity index (χ1n) is 7.99. The monoisotopic (exact) mass is 401 g/mol. The lowest BCUT2D eigenvalue weighted by atomic mass is 10.2. The first kappa shape index (κ1) is 18.9. The number of halogens is 1. The summed E-state index contributed by atoms with van der Waals surface area (Å²) >= 11 is 7.37. The molecule has 0 saturated carbocycles. The number of benzene rings is 2. The third-order valence-corrected chi connectivity index (χ3v) is 4.70. The normalized spacial score (nSPS) is 10.4. The number of carbonyl (C=O) groups excluding carboxylic acids is 2. The number of aromatic nitrogens is 2. The number of imide groups is 1. The molecule has 3 aromatic rings. The molecule has 0 aliphatic carbocycles. The van der Waals surface area contributed by atoms with Crippen LogP contribution in [0.15, 0.2) is 53.7 Å². The number of para-hydroxylation sites is 2. The topological polar surface area (TPSA) is 96.0 Å². The molecule has 0 unspecified atom stereocenters. The van der Waals surface area contributed by atoms with Gasteiger partial charge in [0.05, 0.1) is 22.0 Å². The summed E-state index contributed by atoms with van der Waals surface area (Å²) in [6.45, 7) is 0. The first-order chi connectivity index (χ1) is 13.1. The summed E-state index contributed by atoms with van der Waals surface area (Å²) < 4.78 is 0. The van der Waals surface area contributed by atoms with Crippen molar-refractivity contribution in [1.29, 1.82) is 0 Å². The van der Waals surface area contributed by atoms with Gasteiger partial charge in [-0.05, 0) is 24.3 Å². The maximum absolute atomic E-state index is 11.8. The number of rotatable bonds is 5. The molecule has 9 heteroatoms. The Morgan fingerprint density at radius 1 is 1.07 bits per heavy atom. The molecule has 0 spiro atoms. The minimum Gasteiger partial charge on any atom is -0.341 e. The Morgan fingerprint density at radius 2 is 1.81 bits per heavy atom. The van der Waals surface area contributed by atoms with E-state index in [0.717, 1.165) is 28.4 Å². The van der Waals surface area contributed by atoms with Gasteiger partial charge in [-0.15, -0.1) is 0 Å². The van der Waals surface area contributed by atoms with Crippen molar-refractivity contribution in [1.82, 2.24) is 20.6 Å². The van der Waals surface area contributed by atoms with Crippen LogP contribution in [-0.4, -0.2) is 34.7 Å². The number of nitrogens with zero attached hydrogens (tertiary/aromatic N) is 2. The number of nitrogens with one attached hydrogen (secondary N) is 3. The molecule has 1 heterocycles. The van der Waals surface area contributed by atoms with Crippen molar-refractivity contribution in [2.24, 2.45) is 0 Å². The zero-order valence-electron chi connectivity index (χ0n) is 14.3. The predicted octanol–water partition coefficient (Wildman–Crippen LogP) is 3.57. The first-order valence-corrected chi connectivity index (χ1v) is 9.36. The van der Waals surface area contributed by atoms with Crippen LogP contribution < -0.4 is 16.0 Å². The van der Waals surface area contributed by atoms with Crippen molar-refractivity contribution in [2.75, 3.05) is 18.1 Å². The van der Waals surface area contributed by atoms with Crippen LogP contribution in [0.4, 0.5) is 16.3 Å². The molecule has 3 rings (SSSR count). The van der Waals surface area contributed by atoms with E-state index in [1.807, 2.05) is 42.5 Å². The third kappa shape index (κ3) is 4.87. The van der Waals surface area contributed by atoms with Crippen molar-refractivity contribution in [3.05, 3.63) is 53.6 Å². The molecule has 0 bridgehead atoms. The number of anilines is 2. The molecule has 0 aliphatic heterocycles. The second-order valence-corrected chi connectivity index (χ2v) is 6.74. The number of hydrogen-bond acceptors (Lipinski definition) is 6. The standard InChI is InChI=1S/C18H16ClN5O2S/c1-20-17(26)23-15(25)10-27-18-22-13-8-4-2-6-11(13)16(24-18)21-14-9-5-3-7-12(14)19/h2-9H,10H2,1H3,(H,21,22,24)(H2,20,23,25,26). The zero-order valence-corrected chi connectivity index (χ0v) is 15.9. The van der Waals surface area contributed by atoms with E-state index < -0.39 is 11.9 Å². The van der Waals surface area contributed by atoms with E-state index in [0.29, 0.717) is 16.0 Å². The smallest absolute Gasteiger partial charge is 0.321 e. The summed E-state index contributed by atoms with van der Waals surface area (Å²) in [6.07, 6.45) is 0. The summed E-state index contributed by atoms with van der Waals surface area (Å²) in [5.74, 6) is 0.164. The van der Waals surface area contributed by atoms with E-state index in [1.54, 1.807) is 6.07 Å². The van der Waals surface area contributed by atoms with Crippen LogP contribution in [0.25, 0.3) is 10.9 Å². The van der Waals surface area contributed by atoms with Gasteiger partial charge in [-0.25, -0.2) is 14.8 Å². The maximum Gasteiger partial charge on any atom is 0.321 e. The van der Waals surface area contributed by atoms with Gasteiger partial charge in [0.25, 0.3) is 0 Å². The van der Waals surface area contributed by atoms with Gasteiger partial charge < -0.3 is 10.6 Å². The van der Waals surface area contributed by atoms with Gasteiger partial charge in [-0.2, -0.15) is 0 Å². The fraction of sp³-hybridized carbons (Fsp3) is 0.111. The van der Waals surface area contributed by atoms with Crippen LogP contribution in [0.1, 0.15) is 0 Å². The van der Waals surface area contributed by atoms with Gasteiger partial charge >= 0.3 is 6.03 Å². The van der Waals surface area contributed by atoms with Crippen molar-refractivity contribution in [3.8, 4) is 0 Å². The Kier molecular flexibility index (Phi) is 6.10. The van der Waals surface area contributed by atoms with Crippen LogP contribution in [0.2, 0.25) is 5.02 Å². The Morgan fingerprint density at radius 3 is 2.59 bits per heavy atom. The molecule has 0 aliphatic rings. The number of hydrogen-bond donors (Lipinski definition) is 3. The van der Waals surface area contributed by atoms with Gasteiger partial charge in [0.1, 0.15) is 5.82 Å². The average molecular weight is 402 g/mol. The van der Waals surface area contributed by atoms with Crippen molar-refractivity contribution in [2.45, 2.75) is 5.16 Å². The van der Waals surface area contributed by atoms with E-state index >= 15 is 0 Å². The lowest BCUT2D eigenvalue weighted by Crippen LogP contribution is -2.38. The number of carbonyl (C=O) groups is 2. The Labute approximate surface area is 164 Å². The molecule has 2 aromatic carbocycles. The molecule has 7 nitrogen and oxygen atoms in total. The predicted molar refractivity (Wildman–Crippen MR) is 108 cm³/mol. The van der Waals surface area contributed by atoms with Crippen LogP contribution in [-0.2, 0) is 4.79 Å². The summed E-state index contributed by atoms with van der Waals surface area (Å²) in [4.78, 5) is 32.0. The molecule has 0 saturated heterocycles. The maximum atomic E-state index is 11.8. The van der Waals surface area contributed by atoms with Gasteiger partial charge in [0.2, 0.25) is 5.91 Å². The molecule has 1 aromatic heterocycles. The van der Waals surface area contributed by atoms with Crippen molar-refractivity contribution < 1.29 is 9.59 Å². The van der Waals surface area contributed by atoms with E-state index in [2.05, 4.69) is 25.9 Å². The molecule has 3 N–H and O–H groups in total. The highest BCUT2D eigenvalue weighted by Gasteiger charge is 2.12. The van der Waals surface area contributed by atoms with Gasteiger partial charge in [0, 0.05) is 12.4 Å². The quantitative estimate of drug-likeness (QED) is 0.446. The summed E-state index contributed by atoms with van der Waals surface area (Å²) in [5, 5.41) is 9.56. The third-order valence-electron chi connectivity index (χ3n) is 3.52. The summed E-state index contributed by atoms with van der Waals surface area (Å²) in [6, 6.07) is 14.3. The molecule has 0 radical (unpaired) electrons. The van der Waals surface area contributed by atoms with E-state index in [9.17, 15) is 9.59 Å². The Balaban J connectivity index is 1.86. The summed E-state index contributed by atoms with van der Waals surface area (Å²) in [7, 11) is 1.44. The van der Waals surface area contributed by atoms with Crippen LogP contribution in [0, 0.1) is 0 Å². The van der Waals surface area contributed by atoms with Gasteiger partial charge in [-0.1, -0.05) is 47.6 Å². The molecule has 138 valence electrons. The molecule has 3 amide bonds. The van der Waals surface area contributed by atoms with Crippen LogP contribution in [0.3, 0.4) is 0 Å². The second kappa shape index (κ2) is 8.70. The second-order valence-electron chi connectivity index (χ2n) is 5.39. The molecular formula is C18H16ClN5O2S. The minimum absolute atomic E-state index is 0.0112. The molecule has 0 fully saturated rings. The van der Waals surface area contributed by atoms with Crippen LogP contribution >= 0.6 is 23.4 Å². The highest BCUT2D eigenvalue weighted by molar-refractivity contribution is 7.99. The van der Waals surface area contributed by atoms with Crippen LogP contribution in [0.5, 0.6) is 0 Å². The minimum atomic E-state index is -0.555. The lowest BCUT2D eigenvalue weighted by molar-refractivity contribution is -0.117. The van der Waals surface area contributed by atoms with E-state index in [1.165, 1.54) is 7.05 Å². The molecule has 0 atom stereocenters. The van der Waals surface area contributed by atoms with Crippen molar-refractivity contribution >= 4 is 57.7 Å². The number of fused-ring (bicyclic) bond motifs is 1. The number of amides is 3. The van der Waals surface area contributed by atoms with E-state index in [4.69, 9.17) is 11.6 Å². The average Bonchev–Trinajstić information content (AvgIpc) is 2.68. The van der Waals surface area contributed by atoms with Crippen molar-refractivity contribution in [3.63, 3.8) is 0 Å². The SMILES string of the molecule is CNC(=O)NC(=O)CSc1nc(Nc2ccccc2Cl)c2ccccc2n1. The largest absolute Gasteiger partial charge is 0.341 e. The highest BCUT2D eigenvalue weighted by atomic mass is 35.5. The van der Waals surface area contributed by atoms with Gasteiger partial charge in [0.15, 0.2) is 5.16 Å². The van der Waals surface area contributed by atoms with E-state index in [-0.39, 0.29) is 5.75 Å².